The molecule has 0 atom stereocenters. The number of aromatic amines is 1. The van der Waals surface area contributed by atoms with Gasteiger partial charge in [-0.1, -0.05) is 48.0 Å². The summed E-state index contributed by atoms with van der Waals surface area (Å²) < 4.78 is 0. The van der Waals surface area contributed by atoms with Gasteiger partial charge in [0.25, 0.3) is 0 Å². The number of rotatable bonds is 3. The molecule has 1 saturated heterocycles. The lowest BCUT2D eigenvalue weighted by molar-refractivity contribution is -0.665. The fourth-order valence-corrected chi connectivity index (χ4v) is 4.00. The van der Waals surface area contributed by atoms with E-state index in [2.05, 4.69) is 51.9 Å². The molecule has 0 radical (unpaired) electrons. The van der Waals surface area contributed by atoms with E-state index in [4.69, 9.17) is 11.6 Å². The lowest BCUT2D eigenvalue weighted by Crippen LogP contribution is -2.87. The van der Waals surface area contributed by atoms with Crippen LogP contribution in [0.4, 0.5) is 0 Å². The Kier molecular flexibility index (Phi) is 4.13. The maximum absolute atomic E-state index is 6.10. The third-order valence-electron chi connectivity index (χ3n) is 5.22. The van der Waals surface area contributed by atoms with E-state index in [1.807, 2.05) is 24.5 Å². The van der Waals surface area contributed by atoms with Crippen molar-refractivity contribution < 1.29 is 5.32 Å². The molecule has 1 aromatic heterocycles. The molecule has 0 bridgehead atoms. The molecule has 0 amide bonds. The Balaban J connectivity index is 1.75. The fraction of sp³-hybridized carbons (Fsp3) is 0.250. The van der Waals surface area contributed by atoms with Crippen molar-refractivity contribution in [2.24, 2.45) is 0 Å². The van der Waals surface area contributed by atoms with Crippen molar-refractivity contribution >= 4 is 11.6 Å². The van der Waals surface area contributed by atoms with E-state index < -0.39 is 0 Å². The van der Waals surface area contributed by atoms with Crippen LogP contribution < -0.4 is 5.32 Å². The average molecular weight is 339 g/mol. The van der Waals surface area contributed by atoms with Gasteiger partial charge in [-0.05, 0) is 28.8 Å². The smallest absolute Gasteiger partial charge is 0.0767 e. The van der Waals surface area contributed by atoms with Gasteiger partial charge in [0.2, 0.25) is 0 Å². The normalized spacial score (nSPS) is 16.9. The van der Waals surface area contributed by atoms with Gasteiger partial charge in [-0.15, -0.1) is 0 Å². The Morgan fingerprint density at radius 3 is 2.08 bits per heavy atom. The van der Waals surface area contributed by atoms with E-state index in [-0.39, 0.29) is 5.41 Å². The van der Waals surface area contributed by atoms with Crippen LogP contribution in [0, 0.1) is 0 Å². The van der Waals surface area contributed by atoms with E-state index in [1.54, 1.807) is 0 Å². The number of nitrogens with zero attached hydrogens (tertiary/aromatic N) is 1. The Labute approximate surface area is 147 Å². The second-order valence-corrected chi connectivity index (χ2v) is 6.96. The molecule has 3 nitrogen and oxygen atoms in total. The summed E-state index contributed by atoms with van der Waals surface area (Å²) in [7, 11) is 0. The lowest BCUT2D eigenvalue weighted by atomic mass is 9.68. The molecular weight excluding hydrogens is 318 g/mol. The third-order valence-corrected chi connectivity index (χ3v) is 5.47. The molecule has 122 valence electrons. The van der Waals surface area contributed by atoms with Crippen molar-refractivity contribution in [3.05, 3.63) is 77.1 Å². The number of piperidine rings is 1. The van der Waals surface area contributed by atoms with Gasteiger partial charge in [-0.25, -0.2) is 0 Å². The molecular formula is C20H21ClN3+. The van der Waals surface area contributed by atoms with Gasteiger partial charge in [0.15, 0.2) is 0 Å². The molecule has 3 N–H and O–H groups in total. The molecule has 0 saturated carbocycles. The Hall–Kier alpha value is -2.10. The molecule has 1 aliphatic rings. The highest BCUT2D eigenvalue weighted by atomic mass is 35.5. The second-order valence-electron chi connectivity index (χ2n) is 6.52. The first-order chi connectivity index (χ1) is 11.8. The monoisotopic (exact) mass is 338 g/mol. The van der Waals surface area contributed by atoms with Crippen molar-refractivity contribution in [1.29, 1.82) is 0 Å². The number of nitrogens with two attached hydrogens (primary N) is 1. The van der Waals surface area contributed by atoms with Crippen LogP contribution in [0.2, 0.25) is 5.02 Å². The fourth-order valence-electron chi connectivity index (χ4n) is 3.87. The standard InChI is InChI=1S/C20H20ClN3/c21-19-7-5-18(6-8-19)20(9-11-22-12-10-20)17-3-1-15(2-4-17)16-13-23-24-14-16/h1-8,13-14,22H,9-12H2,(H,23,24)/p+1. The van der Waals surface area contributed by atoms with Crippen molar-refractivity contribution in [2.45, 2.75) is 18.3 Å². The topological polar surface area (TPSA) is 45.3 Å². The number of quaternary nitrogens is 1. The predicted octanol–water partition coefficient (Wildman–Crippen LogP) is 3.37. The molecule has 0 unspecified atom stereocenters. The van der Waals surface area contributed by atoms with Crippen LogP contribution in [-0.2, 0) is 5.41 Å². The molecule has 1 fully saturated rings. The van der Waals surface area contributed by atoms with Crippen molar-refractivity contribution in [1.82, 2.24) is 10.2 Å². The zero-order valence-electron chi connectivity index (χ0n) is 13.5. The maximum atomic E-state index is 6.10. The summed E-state index contributed by atoms with van der Waals surface area (Å²) in [6, 6.07) is 17.4. The van der Waals surface area contributed by atoms with Crippen LogP contribution in [0.25, 0.3) is 11.1 Å². The zero-order valence-corrected chi connectivity index (χ0v) is 14.3. The predicted molar refractivity (Wildman–Crippen MR) is 97.1 cm³/mol. The summed E-state index contributed by atoms with van der Waals surface area (Å²) in [5.74, 6) is 0. The number of hydrogen-bond donors (Lipinski definition) is 2. The quantitative estimate of drug-likeness (QED) is 0.755. The van der Waals surface area contributed by atoms with Crippen LogP contribution in [-0.4, -0.2) is 23.3 Å². The van der Waals surface area contributed by atoms with Crippen molar-refractivity contribution in [3.63, 3.8) is 0 Å². The second kappa shape index (κ2) is 6.42. The number of H-pyrrole nitrogens is 1. The highest BCUT2D eigenvalue weighted by molar-refractivity contribution is 6.30. The van der Waals surface area contributed by atoms with Crippen LogP contribution in [0.15, 0.2) is 60.9 Å². The van der Waals surface area contributed by atoms with Gasteiger partial charge in [0.1, 0.15) is 0 Å². The Bertz CT molecular complexity index is 786. The summed E-state index contributed by atoms with van der Waals surface area (Å²) in [5.41, 5.74) is 5.18. The van der Waals surface area contributed by atoms with E-state index in [9.17, 15) is 0 Å². The van der Waals surface area contributed by atoms with Crippen LogP contribution in [0.1, 0.15) is 24.0 Å². The molecule has 2 heterocycles. The molecule has 4 rings (SSSR count). The van der Waals surface area contributed by atoms with Gasteiger partial charge in [0, 0.05) is 35.0 Å². The van der Waals surface area contributed by atoms with E-state index in [1.165, 1.54) is 16.7 Å². The number of nitrogens with one attached hydrogen (secondary N) is 1. The molecule has 4 heteroatoms. The highest BCUT2D eigenvalue weighted by Gasteiger charge is 2.37. The number of halogens is 1. The summed E-state index contributed by atoms with van der Waals surface area (Å²) in [5, 5.41) is 10.1. The van der Waals surface area contributed by atoms with Gasteiger partial charge in [0.05, 0.1) is 19.3 Å². The first-order valence-corrected chi connectivity index (χ1v) is 8.83. The minimum absolute atomic E-state index is 0.0915. The van der Waals surface area contributed by atoms with Crippen LogP contribution >= 0.6 is 11.6 Å². The number of hydrogen-bond acceptors (Lipinski definition) is 1. The van der Waals surface area contributed by atoms with Crippen LogP contribution in [0.5, 0.6) is 0 Å². The van der Waals surface area contributed by atoms with Gasteiger partial charge < -0.3 is 5.32 Å². The summed E-state index contributed by atoms with van der Waals surface area (Å²) in [6.45, 7) is 2.32. The zero-order chi connectivity index (χ0) is 16.4. The first kappa shape index (κ1) is 15.4. The van der Waals surface area contributed by atoms with E-state index in [0.717, 1.165) is 36.5 Å². The molecule has 0 aliphatic carbocycles. The molecule has 0 spiro atoms. The summed E-state index contributed by atoms with van der Waals surface area (Å²) >= 11 is 6.10. The number of benzene rings is 2. The number of aromatic nitrogens is 2. The van der Waals surface area contributed by atoms with E-state index >= 15 is 0 Å². The molecule has 3 aromatic rings. The largest absolute Gasteiger partial charge is 0.346 e. The molecule has 24 heavy (non-hydrogen) atoms. The SMILES string of the molecule is Clc1ccc(C2(c3ccc(-c4cn[nH]c4)cc3)CC[NH2+]CC2)cc1. The third kappa shape index (κ3) is 2.74. The average Bonchev–Trinajstić information content (AvgIpc) is 3.18. The van der Waals surface area contributed by atoms with Crippen molar-refractivity contribution in [3.8, 4) is 11.1 Å². The van der Waals surface area contributed by atoms with Crippen LogP contribution in [0.3, 0.4) is 0 Å². The highest BCUT2D eigenvalue weighted by Crippen LogP contribution is 2.40. The van der Waals surface area contributed by atoms with Gasteiger partial charge in [-0.2, -0.15) is 5.10 Å². The Morgan fingerprint density at radius 1 is 0.875 bits per heavy atom. The van der Waals surface area contributed by atoms with Crippen molar-refractivity contribution in [2.75, 3.05) is 13.1 Å². The van der Waals surface area contributed by atoms with Gasteiger partial charge in [-0.3, -0.25) is 5.10 Å². The molecule has 2 aromatic carbocycles. The summed E-state index contributed by atoms with van der Waals surface area (Å²) in [4.78, 5) is 0. The summed E-state index contributed by atoms with van der Waals surface area (Å²) in [6.07, 6.45) is 6.10. The first-order valence-electron chi connectivity index (χ1n) is 8.45. The Morgan fingerprint density at radius 2 is 1.50 bits per heavy atom. The van der Waals surface area contributed by atoms with Gasteiger partial charge >= 0.3 is 0 Å². The van der Waals surface area contributed by atoms with E-state index in [0.29, 0.717) is 0 Å². The minimum atomic E-state index is 0.0915. The maximum Gasteiger partial charge on any atom is 0.0767 e. The minimum Gasteiger partial charge on any atom is -0.346 e. The molecule has 1 aliphatic heterocycles. The lowest BCUT2D eigenvalue weighted by Gasteiger charge is -2.37.